The summed E-state index contributed by atoms with van der Waals surface area (Å²) in [5.41, 5.74) is 7.30. The number of piperidine rings is 3. The first-order valence-electron chi connectivity index (χ1n) is 25.6. The second-order valence-electron chi connectivity index (χ2n) is 24.3. The van der Waals surface area contributed by atoms with Crippen molar-refractivity contribution < 1.29 is 16.8 Å². The quantitative estimate of drug-likeness (QED) is 0.177. The number of fused-ring (bicyclic) bond motifs is 1. The summed E-state index contributed by atoms with van der Waals surface area (Å²) < 4.78 is 46.5. The van der Waals surface area contributed by atoms with Gasteiger partial charge in [0.1, 0.15) is 0 Å². The van der Waals surface area contributed by atoms with Crippen molar-refractivity contribution in [1.82, 2.24) is 14.7 Å². The average Bonchev–Trinajstić information content (AvgIpc) is 3.76. The minimum absolute atomic E-state index is 0.0832. The number of likely N-dealkylation sites (tertiary alicyclic amines) is 3. The Labute approximate surface area is 430 Å². The van der Waals surface area contributed by atoms with E-state index >= 15 is 0 Å². The van der Waals surface area contributed by atoms with Crippen molar-refractivity contribution in [1.29, 1.82) is 0 Å². The largest absolute Gasteiger partial charge is 0.316 e. The predicted molar refractivity (Wildman–Crippen MR) is 292 cm³/mol. The van der Waals surface area contributed by atoms with Crippen LogP contribution in [0.2, 0.25) is 0 Å². The zero-order chi connectivity index (χ0) is 52.5. The van der Waals surface area contributed by atoms with Crippen molar-refractivity contribution in [3.05, 3.63) is 135 Å². The SMILES string of the molecule is [C-]#[N+]CC1(C(C)(C)C)CCN(Cc2ccc(S(C)(=O)=O)cc2)CC1.[C-]#[N+]CC1(C(C)(C)C)CCN(Cc2ccc3c(c2)CC=C3)CC1.[C-]#[N+]CC1(C(C)(C)C)CCN(Cc2cccc(S(C)(=O)=O)c2)CC1. The lowest BCUT2D eigenvalue weighted by Crippen LogP contribution is -2.47. The van der Waals surface area contributed by atoms with Crippen LogP contribution in [0.15, 0.2) is 82.6 Å². The number of sulfone groups is 2. The third-order valence-electron chi connectivity index (χ3n) is 17.1. The van der Waals surface area contributed by atoms with Gasteiger partial charge in [0, 0.05) is 48.4 Å². The molecule has 3 fully saturated rings. The molecule has 1 aliphatic carbocycles. The van der Waals surface area contributed by atoms with Crippen LogP contribution < -0.4 is 0 Å². The molecular weight excluding hydrogens is 921 g/mol. The first-order chi connectivity index (χ1) is 33.1. The maximum atomic E-state index is 11.7. The number of benzene rings is 3. The third kappa shape index (κ3) is 14.9. The molecule has 3 aromatic carbocycles. The van der Waals surface area contributed by atoms with E-state index in [0.29, 0.717) is 29.4 Å². The molecule has 0 radical (unpaired) electrons. The van der Waals surface area contributed by atoms with Gasteiger partial charge in [-0.05, 0) is 153 Å². The van der Waals surface area contributed by atoms with Crippen molar-refractivity contribution >= 4 is 25.8 Å². The van der Waals surface area contributed by atoms with Gasteiger partial charge in [-0.1, -0.05) is 117 Å². The maximum Gasteiger partial charge on any atom is 0.220 e. The van der Waals surface area contributed by atoms with Gasteiger partial charge < -0.3 is 14.5 Å². The fraction of sp³-hybridized carbons (Fsp3) is 0.610. The second-order valence-corrected chi connectivity index (χ2v) is 28.4. The van der Waals surface area contributed by atoms with E-state index in [2.05, 4.69) is 122 Å². The summed E-state index contributed by atoms with van der Waals surface area (Å²) in [4.78, 5) is 19.3. The average molecular weight is 1010 g/mol. The Hall–Kier alpha value is -4.35. The van der Waals surface area contributed by atoms with Gasteiger partial charge in [-0.3, -0.25) is 14.7 Å². The molecule has 0 bridgehead atoms. The Morgan fingerprint density at radius 2 is 0.859 bits per heavy atom. The molecule has 3 aliphatic heterocycles. The summed E-state index contributed by atoms with van der Waals surface area (Å²) in [7, 11) is -6.30. The zero-order valence-electron chi connectivity index (χ0n) is 45.1. The minimum atomic E-state index is -3.16. The molecule has 0 atom stereocenters. The summed E-state index contributed by atoms with van der Waals surface area (Å²) >= 11 is 0. The monoisotopic (exact) mass is 1000 g/mol. The van der Waals surface area contributed by atoms with Gasteiger partial charge in [0.25, 0.3) is 0 Å². The highest BCUT2D eigenvalue weighted by Crippen LogP contribution is 2.49. The smallest absolute Gasteiger partial charge is 0.220 e. The Kier molecular flexibility index (Phi) is 18.8. The topological polar surface area (TPSA) is 91.1 Å². The van der Waals surface area contributed by atoms with Gasteiger partial charge in [-0.25, -0.2) is 36.6 Å². The van der Waals surface area contributed by atoms with E-state index in [-0.39, 0.29) is 32.5 Å². The van der Waals surface area contributed by atoms with Crippen LogP contribution in [-0.4, -0.2) is 103 Å². The van der Waals surface area contributed by atoms with Gasteiger partial charge in [0.2, 0.25) is 19.6 Å². The molecule has 0 aromatic heterocycles. The summed E-state index contributed by atoms with van der Waals surface area (Å²) in [6, 6.07) is 21.3. The molecule has 71 heavy (non-hydrogen) atoms. The third-order valence-corrected chi connectivity index (χ3v) is 19.3. The molecule has 0 saturated carbocycles. The summed E-state index contributed by atoms with van der Waals surface area (Å²) in [5.74, 6) is 0. The molecule has 7 rings (SSSR count). The molecule has 0 spiro atoms. The predicted octanol–water partition coefficient (Wildman–Crippen LogP) is 12.1. The van der Waals surface area contributed by atoms with E-state index in [1.807, 2.05) is 24.3 Å². The van der Waals surface area contributed by atoms with Crippen molar-refractivity contribution in [2.75, 3.05) is 71.4 Å². The first kappa shape index (κ1) is 57.5. The Balaban J connectivity index is 0.000000198. The molecule has 0 N–H and O–H groups in total. The molecule has 3 heterocycles. The van der Waals surface area contributed by atoms with Crippen LogP contribution >= 0.6 is 0 Å². The van der Waals surface area contributed by atoms with Gasteiger partial charge in [0.15, 0.2) is 19.7 Å². The number of nitrogens with zero attached hydrogens (tertiary/aromatic N) is 6. The van der Waals surface area contributed by atoms with Gasteiger partial charge in [0.05, 0.1) is 9.79 Å². The highest BCUT2D eigenvalue weighted by Gasteiger charge is 2.49. The molecule has 3 saturated heterocycles. The molecule has 10 nitrogen and oxygen atoms in total. The summed E-state index contributed by atoms with van der Waals surface area (Å²) in [6.45, 7) is 53.0. The van der Waals surface area contributed by atoms with E-state index in [1.54, 1.807) is 24.3 Å². The standard InChI is InChI=1S/C21H28N2.2C19H28N2O2S/c1-20(2,3)21(16-22-4)10-12-23(13-11-21)15-17-8-9-18-6-5-7-19(18)14-17;1-18(2,3)19(15-20-4)10-12-21(13-11-19)14-16-6-8-17(9-7-16)24(5,22)23;1-18(2,3)19(15-20-4)9-11-21(12-10-19)14-16-7-6-8-17(13-16)24(5,22)23/h5-6,8-9,14H,7,10-13,15-16H2,1-3H3;6-9H,10-15H2,1-3,5H3;6-8,13H,9-12,14-15H2,1-3,5H3. The van der Waals surface area contributed by atoms with Crippen molar-refractivity contribution in [2.24, 2.45) is 32.5 Å². The lowest BCUT2D eigenvalue weighted by atomic mass is 9.61. The molecule has 386 valence electrons. The van der Waals surface area contributed by atoms with Crippen LogP contribution in [-0.2, 0) is 45.7 Å². The number of hydrogen-bond acceptors (Lipinski definition) is 7. The first-order valence-corrected chi connectivity index (χ1v) is 29.4. The van der Waals surface area contributed by atoms with Crippen molar-refractivity contribution in [2.45, 2.75) is 137 Å². The summed E-state index contributed by atoms with van der Waals surface area (Å²) in [6.07, 6.45) is 14.4. The number of rotatable bonds is 11. The van der Waals surface area contributed by atoms with Crippen molar-refractivity contribution in [3.63, 3.8) is 0 Å². The fourth-order valence-electron chi connectivity index (χ4n) is 11.2. The van der Waals surface area contributed by atoms with Crippen LogP contribution in [0.5, 0.6) is 0 Å². The van der Waals surface area contributed by atoms with Crippen LogP contribution in [0, 0.1) is 52.2 Å². The number of allylic oxidation sites excluding steroid dienone is 1. The van der Waals surface area contributed by atoms with Gasteiger partial charge in [-0.15, -0.1) is 0 Å². The van der Waals surface area contributed by atoms with E-state index in [9.17, 15) is 16.8 Å². The van der Waals surface area contributed by atoms with Crippen molar-refractivity contribution in [3.8, 4) is 0 Å². The Morgan fingerprint density at radius 3 is 1.23 bits per heavy atom. The van der Waals surface area contributed by atoms with E-state index in [4.69, 9.17) is 19.7 Å². The number of hydrogen-bond donors (Lipinski definition) is 0. The van der Waals surface area contributed by atoms with Crippen LogP contribution in [0.1, 0.15) is 129 Å². The molecule has 0 unspecified atom stereocenters. The van der Waals surface area contributed by atoms with Gasteiger partial charge in [-0.2, -0.15) is 0 Å². The molecular formula is C59H84N6O4S2. The summed E-state index contributed by atoms with van der Waals surface area (Å²) in [5, 5.41) is 0. The fourth-order valence-corrected chi connectivity index (χ4v) is 12.5. The van der Waals surface area contributed by atoms with Crippen LogP contribution in [0.25, 0.3) is 20.6 Å². The highest BCUT2D eigenvalue weighted by molar-refractivity contribution is 7.91. The molecule has 0 amide bonds. The normalized spacial score (nSPS) is 19.4. The van der Waals surface area contributed by atoms with E-state index in [0.717, 1.165) is 115 Å². The molecule has 3 aromatic rings. The lowest BCUT2D eigenvalue weighted by molar-refractivity contribution is 0.0173. The van der Waals surface area contributed by atoms with Crippen LogP contribution in [0.4, 0.5) is 0 Å². The lowest BCUT2D eigenvalue weighted by Gasteiger charge is -2.46. The minimum Gasteiger partial charge on any atom is -0.316 e. The van der Waals surface area contributed by atoms with E-state index < -0.39 is 19.7 Å². The maximum absolute atomic E-state index is 11.7. The zero-order valence-corrected chi connectivity index (χ0v) is 46.7. The Morgan fingerprint density at radius 1 is 0.493 bits per heavy atom. The highest BCUT2D eigenvalue weighted by atomic mass is 32.2. The molecule has 12 heteroatoms. The van der Waals surface area contributed by atoms with E-state index in [1.165, 1.54) is 29.2 Å². The van der Waals surface area contributed by atoms with Crippen LogP contribution in [0.3, 0.4) is 0 Å². The Bertz CT molecular complexity index is 2640. The molecule has 4 aliphatic rings. The van der Waals surface area contributed by atoms with Gasteiger partial charge >= 0.3 is 0 Å². The second kappa shape index (κ2) is 23.2.